The summed E-state index contributed by atoms with van der Waals surface area (Å²) in [6.07, 6.45) is -4.40. The number of likely N-dealkylation sites (N-methyl/N-ethyl adjacent to an activating group) is 2. The first-order chi connectivity index (χ1) is 10.4. The van der Waals surface area contributed by atoms with Gasteiger partial charge < -0.3 is 10.2 Å². The molecule has 1 aromatic rings. The zero-order valence-corrected chi connectivity index (χ0v) is 12.6. The van der Waals surface area contributed by atoms with E-state index in [2.05, 4.69) is 15.5 Å². The molecule has 0 spiro atoms. The second-order valence-corrected chi connectivity index (χ2v) is 5.24. The van der Waals surface area contributed by atoms with E-state index in [1.54, 1.807) is 6.07 Å². The highest BCUT2D eigenvalue weighted by molar-refractivity contribution is 5.72. The third kappa shape index (κ3) is 3.92. The molecule has 0 atom stereocenters. The Labute approximate surface area is 127 Å². The molecule has 2 rings (SSSR count). The molecule has 0 amide bonds. The second kappa shape index (κ2) is 7.02. The summed E-state index contributed by atoms with van der Waals surface area (Å²) < 4.78 is 39.4. The Hall–Kier alpha value is -1.73. The van der Waals surface area contributed by atoms with Gasteiger partial charge in [0.05, 0.1) is 17.8 Å². The van der Waals surface area contributed by atoms with Crippen LogP contribution in [-0.2, 0) is 6.18 Å². The van der Waals surface area contributed by atoms with Crippen molar-refractivity contribution >= 4 is 5.70 Å². The maximum Gasteiger partial charge on any atom is 0.417 e. The van der Waals surface area contributed by atoms with Crippen LogP contribution in [0.25, 0.3) is 5.70 Å². The molecule has 1 N–H and O–H groups in total. The van der Waals surface area contributed by atoms with E-state index in [4.69, 9.17) is 0 Å². The molecule has 1 heterocycles. The van der Waals surface area contributed by atoms with Crippen molar-refractivity contribution in [2.45, 2.75) is 6.18 Å². The quantitative estimate of drug-likeness (QED) is 0.877. The molecule has 0 aliphatic carbocycles. The van der Waals surface area contributed by atoms with Crippen molar-refractivity contribution in [3.63, 3.8) is 0 Å². The topological polar surface area (TPSA) is 40.0 Å². The summed E-state index contributed by atoms with van der Waals surface area (Å²) in [4.78, 5) is 2.04. The summed E-state index contributed by atoms with van der Waals surface area (Å²) in [5, 5.41) is 10.9. The number of benzene rings is 1. The van der Waals surface area contributed by atoms with E-state index in [1.807, 2.05) is 19.0 Å². The van der Waals surface area contributed by atoms with Crippen LogP contribution in [0.1, 0.15) is 11.1 Å². The summed E-state index contributed by atoms with van der Waals surface area (Å²) in [6, 6.07) is 5.51. The summed E-state index contributed by atoms with van der Waals surface area (Å²) in [5.41, 5.74) is 0.606. The van der Waals surface area contributed by atoms with Crippen molar-refractivity contribution in [1.82, 2.24) is 10.2 Å². The maximum absolute atomic E-state index is 13.1. The molecule has 7 heteroatoms. The minimum Gasteiger partial charge on any atom is -0.318 e. The van der Waals surface area contributed by atoms with Gasteiger partial charge in [0.25, 0.3) is 0 Å². The molecule has 0 unspecified atom stereocenters. The molecule has 0 fully saturated rings. The van der Waals surface area contributed by atoms with Gasteiger partial charge in [-0.1, -0.05) is 18.2 Å². The summed E-state index contributed by atoms with van der Waals surface area (Å²) in [7, 11) is 3.79. The highest BCUT2D eigenvalue weighted by Gasteiger charge is 2.35. The molecule has 120 valence electrons. The van der Waals surface area contributed by atoms with Crippen molar-refractivity contribution in [2.24, 2.45) is 10.2 Å². The van der Waals surface area contributed by atoms with Gasteiger partial charge in [0, 0.05) is 25.2 Å². The first-order valence-electron chi connectivity index (χ1n) is 7.02. The van der Waals surface area contributed by atoms with Crippen molar-refractivity contribution in [2.75, 3.05) is 40.3 Å². The largest absolute Gasteiger partial charge is 0.417 e. The van der Waals surface area contributed by atoms with Gasteiger partial charge in [-0.25, -0.2) is 0 Å². The van der Waals surface area contributed by atoms with Crippen LogP contribution in [0.2, 0.25) is 0 Å². The molecule has 4 nitrogen and oxygen atoms in total. The maximum atomic E-state index is 13.1. The van der Waals surface area contributed by atoms with E-state index in [1.165, 1.54) is 12.1 Å². The van der Waals surface area contributed by atoms with E-state index < -0.39 is 11.7 Å². The summed E-state index contributed by atoms with van der Waals surface area (Å²) >= 11 is 0. The minimum atomic E-state index is -4.40. The van der Waals surface area contributed by atoms with Crippen molar-refractivity contribution in [1.29, 1.82) is 0 Å². The highest BCUT2D eigenvalue weighted by atomic mass is 19.4. The number of nitrogens with zero attached hydrogens (tertiary/aromatic N) is 3. The Bertz CT molecular complexity index is 578. The number of hydrogen-bond donors (Lipinski definition) is 1. The van der Waals surface area contributed by atoms with Gasteiger partial charge in [-0.05, 0) is 25.7 Å². The van der Waals surface area contributed by atoms with Crippen LogP contribution in [0, 0.1) is 0 Å². The molecule has 0 radical (unpaired) electrons. The number of nitrogens with one attached hydrogen (secondary N) is 1. The fraction of sp³-hybridized carbons (Fsp3) is 0.467. The van der Waals surface area contributed by atoms with Gasteiger partial charge >= 0.3 is 6.18 Å². The number of halogens is 3. The molecule has 1 aromatic carbocycles. The fourth-order valence-electron chi connectivity index (χ4n) is 2.35. The predicted molar refractivity (Wildman–Crippen MR) is 79.5 cm³/mol. The summed E-state index contributed by atoms with van der Waals surface area (Å²) in [5.74, 6) is 0. The third-order valence-corrected chi connectivity index (χ3v) is 3.46. The lowest BCUT2D eigenvalue weighted by Gasteiger charge is -2.18. The van der Waals surface area contributed by atoms with Crippen LogP contribution in [0.5, 0.6) is 0 Å². The fourth-order valence-corrected chi connectivity index (χ4v) is 2.35. The lowest BCUT2D eigenvalue weighted by molar-refractivity contribution is -0.137. The zero-order valence-electron chi connectivity index (χ0n) is 12.6. The van der Waals surface area contributed by atoms with Crippen LogP contribution < -0.4 is 5.32 Å². The van der Waals surface area contributed by atoms with Crippen LogP contribution >= 0.6 is 0 Å². The van der Waals surface area contributed by atoms with Crippen LogP contribution in [0.15, 0.2) is 40.1 Å². The standard InChI is InChI=1S/C15H19F3N4/c1-19-7-8-22(2)10-11-9-20-21-14(11)12-5-3-4-6-13(12)15(16,17)18/h3-6,19H,7-10H2,1-2H3. The van der Waals surface area contributed by atoms with Crippen LogP contribution in [0.3, 0.4) is 0 Å². The van der Waals surface area contributed by atoms with Crippen molar-refractivity contribution in [3.05, 3.63) is 41.0 Å². The smallest absolute Gasteiger partial charge is 0.318 e. The number of azo groups is 1. The summed E-state index contributed by atoms with van der Waals surface area (Å²) in [6.45, 7) is 2.52. The Morgan fingerprint density at radius 3 is 2.68 bits per heavy atom. The Kier molecular flexibility index (Phi) is 5.31. The number of alkyl halides is 3. The predicted octanol–water partition coefficient (Wildman–Crippen LogP) is 3.03. The normalized spacial score (nSPS) is 15.2. The monoisotopic (exact) mass is 312 g/mol. The van der Waals surface area contributed by atoms with Gasteiger partial charge in [0.15, 0.2) is 0 Å². The van der Waals surface area contributed by atoms with Gasteiger partial charge in [0.2, 0.25) is 0 Å². The van der Waals surface area contributed by atoms with Crippen molar-refractivity contribution in [3.8, 4) is 0 Å². The van der Waals surface area contributed by atoms with E-state index >= 15 is 0 Å². The average Bonchev–Trinajstić information content (AvgIpc) is 2.92. The Morgan fingerprint density at radius 2 is 2.00 bits per heavy atom. The van der Waals surface area contributed by atoms with E-state index in [9.17, 15) is 13.2 Å². The molecule has 0 saturated carbocycles. The van der Waals surface area contributed by atoms with E-state index in [0.717, 1.165) is 24.7 Å². The molecular weight excluding hydrogens is 293 g/mol. The Morgan fingerprint density at radius 1 is 1.27 bits per heavy atom. The molecule has 1 aliphatic rings. The van der Waals surface area contributed by atoms with E-state index in [0.29, 0.717) is 18.8 Å². The van der Waals surface area contributed by atoms with Crippen LogP contribution in [-0.4, -0.2) is 45.2 Å². The van der Waals surface area contributed by atoms with Crippen LogP contribution in [0.4, 0.5) is 13.2 Å². The lowest BCUT2D eigenvalue weighted by Crippen LogP contribution is -2.29. The van der Waals surface area contributed by atoms with Gasteiger partial charge in [-0.15, -0.1) is 0 Å². The first-order valence-corrected chi connectivity index (χ1v) is 7.02. The molecule has 22 heavy (non-hydrogen) atoms. The minimum absolute atomic E-state index is 0.105. The molecule has 0 bridgehead atoms. The zero-order chi connectivity index (χ0) is 16.2. The molecular formula is C15H19F3N4. The van der Waals surface area contributed by atoms with E-state index in [-0.39, 0.29) is 5.56 Å². The molecule has 0 aromatic heterocycles. The van der Waals surface area contributed by atoms with Gasteiger partial charge in [-0.2, -0.15) is 23.4 Å². The first kappa shape index (κ1) is 16.6. The molecule has 0 saturated heterocycles. The third-order valence-electron chi connectivity index (χ3n) is 3.46. The highest BCUT2D eigenvalue weighted by Crippen LogP contribution is 2.37. The lowest BCUT2D eigenvalue weighted by atomic mass is 10.0. The van der Waals surface area contributed by atoms with Crippen molar-refractivity contribution < 1.29 is 13.2 Å². The SMILES string of the molecule is CNCCN(C)CC1=C(c2ccccc2C(F)(F)F)N=NC1. The van der Waals surface area contributed by atoms with Gasteiger partial charge in [0.1, 0.15) is 0 Å². The van der Waals surface area contributed by atoms with Gasteiger partial charge in [-0.3, -0.25) is 0 Å². The average molecular weight is 312 g/mol. The Balaban J connectivity index is 2.30. The second-order valence-electron chi connectivity index (χ2n) is 5.24. The molecule has 1 aliphatic heterocycles. The number of hydrogen-bond acceptors (Lipinski definition) is 4. The number of rotatable bonds is 6.